The summed E-state index contributed by atoms with van der Waals surface area (Å²) in [5.74, 6) is 0.121. The molecular weight excluding hydrogens is 186 g/mol. The molecule has 0 atom stereocenters. The van der Waals surface area contributed by atoms with Gasteiger partial charge in [-0.2, -0.15) is 0 Å². The molecule has 0 aliphatic carbocycles. The Morgan fingerprint density at radius 3 is 2.33 bits per heavy atom. The fraction of sp³-hybridized carbons (Fsp3) is 0.462. The molecule has 0 aliphatic rings. The molecule has 0 bridgehead atoms. The Hall–Kier alpha value is -1.31. The number of nitrogens with one attached hydrogen (secondary N) is 1. The van der Waals surface area contributed by atoms with E-state index in [1.54, 1.807) is 7.05 Å². The molecule has 1 rings (SSSR count). The highest BCUT2D eigenvalue weighted by Gasteiger charge is 1.97. The molecule has 0 heterocycles. The zero-order chi connectivity index (χ0) is 11.5. The van der Waals surface area contributed by atoms with E-state index in [9.17, 15) is 4.79 Å². The van der Waals surface area contributed by atoms with Gasteiger partial charge in [0.05, 0.1) is 0 Å². The predicted molar refractivity (Wildman–Crippen MR) is 64.8 cm³/mol. The zero-order valence-corrected chi connectivity index (χ0v) is 9.92. The van der Waals surface area contributed by atoms with Gasteiger partial charge in [-0.05, 0) is 18.4 Å². The van der Waals surface area contributed by atoms with Gasteiger partial charge in [0.25, 0.3) is 0 Å². The number of aryl methyl sites for hydroxylation is 1. The minimum Gasteiger partial charge on any atom is -0.359 e. The van der Waals surface area contributed by atoms with Crippen LogP contribution in [0.1, 0.15) is 32.3 Å². The quantitative estimate of drug-likeness (QED) is 0.808. The van der Waals surface area contributed by atoms with E-state index in [0.717, 1.165) is 12.8 Å². The van der Waals surface area contributed by atoms with Crippen LogP contribution in [0.5, 0.6) is 0 Å². The van der Waals surface area contributed by atoms with E-state index in [2.05, 4.69) is 17.4 Å². The zero-order valence-electron chi connectivity index (χ0n) is 9.92. The Bertz CT molecular complexity index is 256. The van der Waals surface area contributed by atoms with Crippen molar-refractivity contribution in [1.29, 1.82) is 0 Å². The fourth-order valence-corrected chi connectivity index (χ4v) is 1.22. The van der Waals surface area contributed by atoms with Crippen LogP contribution in [-0.4, -0.2) is 13.0 Å². The second-order valence-corrected chi connectivity index (χ2v) is 3.01. The summed E-state index contributed by atoms with van der Waals surface area (Å²) < 4.78 is 0. The summed E-state index contributed by atoms with van der Waals surface area (Å²) in [6, 6.07) is 10.2. The second kappa shape index (κ2) is 9.25. The van der Waals surface area contributed by atoms with E-state index in [1.807, 2.05) is 32.0 Å². The third-order valence-corrected chi connectivity index (χ3v) is 1.99. The molecule has 1 N–H and O–H groups in total. The van der Waals surface area contributed by atoms with E-state index in [4.69, 9.17) is 0 Å². The van der Waals surface area contributed by atoms with Gasteiger partial charge in [0.1, 0.15) is 0 Å². The van der Waals surface area contributed by atoms with Crippen molar-refractivity contribution in [3.8, 4) is 0 Å². The lowest BCUT2D eigenvalue weighted by Crippen LogP contribution is -2.17. The molecule has 0 aliphatic heterocycles. The second-order valence-electron chi connectivity index (χ2n) is 3.01. The van der Waals surface area contributed by atoms with Crippen LogP contribution < -0.4 is 5.32 Å². The summed E-state index contributed by atoms with van der Waals surface area (Å²) in [5.41, 5.74) is 1.30. The Labute approximate surface area is 92.7 Å². The lowest BCUT2D eigenvalue weighted by molar-refractivity contribution is -0.120. The fourth-order valence-electron chi connectivity index (χ4n) is 1.22. The number of benzene rings is 1. The Morgan fingerprint density at radius 2 is 1.80 bits per heavy atom. The Balaban J connectivity index is 0.000000921. The van der Waals surface area contributed by atoms with Crippen LogP contribution in [0.4, 0.5) is 0 Å². The highest BCUT2D eigenvalue weighted by Crippen LogP contribution is 2.03. The SMILES string of the molecule is CC.CNC(=O)CCCc1ccccc1. The Morgan fingerprint density at radius 1 is 1.20 bits per heavy atom. The molecule has 1 aromatic rings. The first-order valence-corrected chi connectivity index (χ1v) is 5.57. The molecule has 0 radical (unpaired) electrons. The average Bonchev–Trinajstić information content (AvgIpc) is 2.33. The number of carbonyl (C=O) groups excluding carboxylic acids is 1. The first kappa shape index (κ1) is 13.7. The summed E-state index contributed by atoms with van der Waals surface area (Å²) in [7, 11) is 1.67. The number of rotatable bonds is 4. The van der Waals surface area contributed by atoms with Gasteiger partial charge in [-0.25, -0.2) is 0 Å². The number of carbonyl (C=O) groups is 1. The van der Waals surface area contributed by atoms with Crippen LogP contribution in [0.3, 0.4) is 0 Å². The summed E-state index contributed by atoms with van der Waals surface area (Å²) in [6.07, 6.45) is 2.52. The number of amides is 1. The monoisotopic (exact) mass is 207 g/mol. The molecule has 1 amide bonds. The van der Waals surface area contributed by atoms with Crippen molar-refractivity contribution in [2.45, 2.75) is 33.1 Å². The smallest absolute Gasteiger partial charge is 0.219 e. The largest absolute Gasteiger partial charge is 0.359 e. The maximum atomic E-state index is 10.9. The van der Waals surface area contributed by atoms with Crippen molar-refractivity contribution >= 4 is 5.91 Å². The van der Waals surface area contributed by atoms with Crippen molar-refractivity contribution < 1.29 is 4.79 Å². The van der Waals surface area contributed by atoms with Crippen molar-refractivity contribution in [2.75, 3.05) is 7.05 Å². The molecule has 0 aromatic heterocycles. The van der Waals surface area contributed by atoms with Gasteiger partial charge in [-0.15, -0.1) is 0 Å². The molecule has 84 valence electrons. The highest BCUT2D eigenvalue weighted by atomic mass is 16.1. The normalized spacial score (nSPS) is 8.73. The van der Waals surface area contributed by atoms with Crippen molar-refractivity contribution in [1.82, 2.24) is 5.32 Å². The van der Waals surface area contributed by atoms with Gasteiger partial charge in [-0.3, -0.25) is 4.79 Å². The molecule has 0 saturated heterocycles. The van der Waals surface area contributed by atoms with E-state index in [-0.39, 0.29) is 5.91 Å². The maximum absolute atomic E-state index is 10.9. The average molecular weight is 207 g/mol. The first-order chi connectivity index (χ1) is 7.33. The minimum atomic E-state index is 0.121. The standard InChI is InChI=1S/C11H15NO.C2H6/c1-12-11(13)9-5-8-10-6-3-2-4-7-10;1-2/h2-4,6-7H,5,8-9H2,1H3,(H,12,13);1-2H3. The lowest BCUT2D eigenvalue weighted by Gasteiger charge is -2.00. The van der Waals surface area contributed by atoms with Crippen LogP contribution in [0, 0.1) is 0 Å². The van der Waals surface area contributed by atoms with Crippen LogP contribution >= 0.6 is 0 Å². The van der Waals surface area contributed by atoms with E-state index in [1.165, 1.54) is 5.56 Å². The summed E-state index contributed by atoms with van der Waals surface area (Å²) >= 11 is 0. The van der Waals surface area contributed by atoms with Gasteiger partial charge in [-0.1, -0.05) is 44.2 Å². The highest BCUT2D eigenvalue weighted by molar-refractivity contribution is 5.75. The minimum absolute atomic E-state index is 0.121. The summed E-state index contributed by atoms with van der Waals surface area (Å²) in [4.78, 5) is 10.9. The van der Waals surface area contributed by atoms with Gasteiger partial charge in [0, 0.05) is 13.5 Å². The lowest BCUT2D eigenvalue weighted by atomic mass is 10.1. The third kappa shape index (κ3) is 6.72. The van der Waals surface area contributed by atoms with Crippen molar-refractivity contribution in [2.24, 2.45) is 0 Å². The van der Waals surface area contributed by atoms with Gasteiger partial charge < -0.3 is 5.32 Å². The molecule has 0 saturated carbocycles. The number of hydrogen-bond donors (Lipinski definition) is 1. The molecule has 0 unspecified atom stereocenters. The molecule has 2 heteroatoms. The third-order valence-electron chi connectivity index (χ3n) is 1.99. The van der Waals surface area contributed by atoms with Gasteiger partial charge in [0.15, 0.2) is 0 Å². The summed E-state index contributed by atoms with van der Waals surface area (Å²) in [5, 5.41) is 2.61. The Kier molecular flexibility index (Phi) is 8.44. The van der Waals surface area contributed by atoms with E-state index in [0.29, 0.717) is 6.42 Å². The van der Waals surface area contributed by atoms with Crippen LogP contribution in [0.25, 0.3) is 0 Å². The molecule has 1 aromatic carbocycles. The van der Waals surface area contributed by atoms with Crippen LogP contribution in [-0.2, 0) is 11.2 Å². The first-order valence-electron chi connectivity index (χ1n) is 5.57. The molecular formula is C13H21NO. The molecule has 0 spiro atoms. The predicted octanol–water partition coefficient (Wildman–Crippen LogP) is 2.78. The topological polar surface area (TPSA) is 29.1 Å². The maximum Gasteiger partial charge on any atom is 0.219 e. The molecule has 15 heavy (non-hydrogen) atoms. The molecule has 0 fully saturated rings. The van der Waals surface area contributed by atoms with E-state index < -0.39 is 0 Å². The van der Waals surface area contributed by atoms with Crippen LogP contribution in [0.15, 0.2) is 30.3 Å². The molecule has 2 nitrogen and oxygen atoms in total. The van der Waals surface area contributed by atoms with Crippen molar-refractivity contribution in [3.05, 3.63) is 35.9 Å². The van der Waals surface area contributed by atoms with Gasteiger partial charge >= 0.3 is 0 Å². The van der Waals surface area contributed by atoms with E-state index >= 15 is 0 Å². The summed E-state index contributed by atoms with van der Waals surface area (Å²) in [6.45, 7) is 4.00. The van der Waals surface area contributed by atoms with Crippen molar-refractivity contribution in [3.63, 3.8) is 0 Å². The van der Waals surface area contributed by atoms with Crippen LogP contribution in [0.2, 0.25) is 0 Å². The van der Waals surface area contributed by atoms with Gasteiger partial charge in [0.2, 0.25) is 5.91 Å². The number of hydrogen-bond acceptors (Lipinski definition) is 1.